The lowest BCUT2D eigenvalue weighted by Crippen LogP contribution is -2.32. The van der Waals surface area contributed by atoms with Crippen molar-refractivity contribution in [2.24, 2.45) is 11.8 Å². The van der Waals surface area contributed by atoms with E-state index in [2.05, 4.69) is 21.2 Å². The molecule has 0 radical (unpaired) electrons. The van der Waals surface area contributed by atoms with Crippen LogP contribution in [0.1, 0.15) is 24.8 Å². The first-order valence-electron chi connectivity index (χ1n) is 6.76. The Bertz CT molecular complexity index is 438. The fourth-order valence-electron chi connectivity index (χ4n) is 2.73. The van der Waals surface area contributed by atoms with E-state index in [0.717, 1.165) is 17.4 Å². The molecule has 2 rings (SSSR count). The average Bonchev–Trinajstić information content (AvgIpc) is 2.83. The van der Waals surface area contributed by atoms with Crippen LogP contribution in [0, 0.1) is 17.7 Å². The molecule has 2 nitrogen and oxygen atoms in total. The number of hydrogen-bond donors (Lipinski definition) is 1. The van der Waals surface area contributed by atoms with Crippen LogP contribution in [0.15, 0.2) is 24.3 Å². The molecule has 0 aromatic heterocycles. The first-order chi connectivity index (χ1) is 9.19. The molecule has 1 fully saturated rings. The van der Waals surface area contributed by atoms with E-state index in [1.54, 1.807) is 12.1 Å². The minimum Gasteiger partial charge on any atom is -0.356 e. The summed E-state index contributed by atoms with van der Waals surface area (Å²) in [5, 5.41) is 3.99. The number of hydrogen-bond acceptors (Lipinski definition) is 1. The number of benzene rings is 1. The van der Waals surface area contributed by atoms with Gasteiger partial charge < -0.3 is 5.32 Å². The molecule has 1 aliphatic rings. The SMILES string of the molecule is O=C(Cc1cccc(F)c1)NCC1CCCC1CBr. The summed E-state index contributed by atoms with van der Waals surface area (Å²) in [4.78, 5) is 11.8. The molecule has 0 aliphatic heterocycles. The van der Waals surface area contributed by atoms with Gasteiger partial charge in [0.15, 0.2) is 0 Å². The van der Waals surface area contributed by atoms with Crippen molar-refractivity contribution in [2.75, 3.05) is 11.9 Å². The summed E-state index contributed by atoms with van der Waals surface area (Å²) in [6.07, 6.45) is 3.94. The number of carbonyl (C=O) groups excluding carboxylic acids is 1. The average molecular weight is 328 g/mol. The zero-order valence-electron chi connectivity index (χ0n) is 10.9. The summed E-state index contributed by atoms with van der Waals surface area (Å²) >= 11 is 3.53. The Morgan fingerprint density at radius 1 is 1.37 bits per heavy atom. The quantitative estimate of drug-likeness (QED) is 0.826. The molecule has 104 valence electrons. The van der Waals surface area contributed by atoms with Gasteiger partial charge in [0.2, 0.25) is 5.91 Å². The highest BCUT2D eigenvalue weighted by atomic mass is 79.9. The van der Waals surface area contributed by atoms with Gasteiger partial charge in [-0.2, -0.15) is 0 Å². The smallest absolute Gasteiger partial charge is 0.224 e. The van der Waals surface area contributed by atoms with Crippen LogP contribution in [0.25, 0.3) is 0 Å². The molecule has 0 bridgehead atoms. The van der Waals surface area contributed by atoms with Gasteiger partial charge in [0.1, 0.15) is 5.82 Å². The Hall–Kier alpha value is -0.900. The molecule has 2 unspecified atom stereocenters. The van der Waals surface area contributed by atoms with Gasteiger partial charge in [-0.3, -0.25) is 4.79 Å². The van der Waals surface area contributed by atoms with Crippen molar-refractivity contribution < 1.29 is 9.18 Å². The van der Waals surface area contributed by atoms with E-state index in [1.165, 1.54) is 31.4 Å². The van der Waals surface area contributed by atoms with Crippen molar-refractivity contribution in [1.82, 2.24) is 5.32 Å². The van der Waals surface area contributed by atoms with Gasteiger partial charge in [-0.25, -0.2) is 4.39 Å². The van der Waals surface area contributed by atoms with Gasteiger partial charge >= 0.3 is 0 Å². The largest absolute Gasteiger partial charge is 0.356 e. The van der Waals surface area contributed by atoms with Crippen LogP contribution in [-0.2, 0) is 11.2 Å². The van der Waals surface area contributed by atoms with Crippen molar-refractivity contribution in [2.45, 2.75) is 25.7 Å². The Morgan fingerprint density at radius 2 is 2.16 bits per heavy atom. The number of alkyl halides is 1. The van der Waals surface area contributed by atoms with Gasteiger partial charge in [0.05, 0.1) is 6.42 Å². The molecular weight excluding hydrogens is 309 g/mol. The maximum atomic E-state index is 13.0. The molecule has 0 heterocycles. The van der Waals surface area contributed by atoms with Crippen LogP contribution in [0.3, 0.4) is 0 Å². The van der Waals surface area contributed by atoms with E-state index in [0.29, 0.717) is 11.8 Å². The maximum absolute atomic E-state index is 13.0. The molecule has 1 aromatic carbocycles. The third-order valence-corrected chi connectivity index (χ3v) is 4.66. The standard InChI is InChI=1S/C15H19BrFNO/c16-9-12-4-2-5-13(12)10-18-15(19)8-11-3-1-6-14(17)7-11/h1,3,6-7,12-13H,2,4-5,8-10H2,(H,18,19). The second-order valence-electron chi connectivity index (χ2n) is 5.22. The maximum Gasteiger partial charge on any atom is 0.224 e. The predicted molar refractivity (Wildman–Crippen MR) is 77.7 cm³/mol. The molecular formula is C15H19BrFNO. The Kier molecular flexibility index (Phi) is 5.37. The minimum atomic E-state index is -0.291. The molecule has 1 amide bonds. The van der Waals surface area contributed by atoms with Crippen LogP contribution < -0.4 is 5.32 Å². The molecule has 0 saturated heterocycles. The van der Waals surface area contributed by atoms with Crippen molar-refractivity contribution in [3.8, 4) is 0 Å². The summed E-state index contributed by atoms with van der Waals surface area (Å²) in [5.74, 6) is 0.941. The highest BCUT2D eigenvalue weighted by Crippen LogP contribution is 2.32. The van der Waals surface area contributed by atoms with Gasteiger partial charge in [-0.15, -0.1) is 0 Å². The fourth-order valence-corrected chi connectivity index (χ4v) is 3.58. The third-order valence-electron chi connectivity index (χ3n) is 3.83. The Balaban J connectivity index is 1.78. The summed E-state index contributed by atoms with van der Waals surface area (Å²) in [5.41, 5.74) is 0.723. The van der Waals surface area contributed by atoms with Gasteiger partial charge in [0.25, 0.3) is 0 Å². The summed E-state index contributed by atoms with van der Waals surface area (Å²) in [7, 11) is 0. The summed E-state index contributed by atoms with van der Waals surface area (Å²) in [6.45, 7) is 0.740. The molecule has 0 spiro atoms. The van der Waals surface area contributed by atoms with Gasteiger partial charge in [-0.05, 0) is 42.4 Å². The highest BCUT2D eigenvalue weighted by molar-refractivity contribution is 9.09. The first kappa shape index (κ1) is 14.5. The van der Waals surface area contributed by atoms with Crippen molar-refractivity contribution in [3.05, 3.63) is 35.6 Å². The molecule has 19 heavy (non-hydrogen) atoms. The molecule has 2 atom stereocenters. The van der Waals surface area contributed by atoms with E-state index in [9.17, 15) is 9.18 Å². The second kappa shape index (κ2) is 7.04. The topological polar surface area (TPSA) is 29.1 Å². The molecule has 1 N–H and O–H groups in total. The molecule has 1 saturated carbocycles. The van der Waals surface area contributed by atoms with Crippen LogP contribution in [0.5, 0.6) is 0 Å². The van der Waals surface area contributed by atoms with Crippen LogP contribution >= 0.6 is 15.9 Å². The van der Waals surface area contributed by atoms with E-state index in [4.69, 9.17) is 0 Å². The van der Waals surface area contributed by atoms with E-state index >= 15 is 0 Å². The predicted octanol–water partition coefficient (Wildman–Crippen LogP) is 3.30. The van der Waals surface area contributed by atoms with Gasteiger partial charge in [-0.1, -0.05) is 34.5 Å². The van der Waals surface area contributed by atoms with Crippen molar-refractivity contribution in [1.29, 1.82) is 0 Å². The minimum absolute atomic E-state index is 0.0224. The van der Waals surface area contributed by atoms with E-state index in [-0.39, 0.29) is 18.1 Å². The number of carbonyl (C=O) groups is 1. The van der Waals surface area contributed by atoms with Gasteiger partial charge in [0, 0.05) is 11.9 Å². The monoisotopic (exact) mass is 327 g/mol. The van der Waals surface area contributed by atoms with Crippen LogP contribution in [0.2, 0.25) is 0 Å². The highest BCUT2D eigenvalue weighted by Gasteiger charge is 2.26. The molecule has 1 aliphatic carbocycles. The summed E-state index contributed by atoms with van der Waals surface area (Å²) in [6, 6.07) is 6.21. The van der Waals surface area contributed by atoms with Crippen molar-refractivity contribution >= 4 is 21.8 Å². The zero-order valence-corrected chi connectivity index (χ0v) is 12.5. The van der Waals surface area contributed by atoms with E-state index in [1.807, 2.05) is 0 Å². The Labute approximate surface area is 121 Å². The number of halogens is 2. The Morgan fingerprint density at radius 3 is 2.89 bits per heavy atom. The lowest BCUT2D eigenvalue weighted by molar-refractivity contribution is -0.120. The lowest BCUT2D eigenvalue weighted by Gasteiger charge is -2.17. The first-order valence-corrected chi connectivity index (χ1v) is 7.88. The zero-order chi connectivity index (χ0) is 13.7. The lowest BCUT2D eigenvalue weighted by atomic mass is 9.98. The number of nitrogens with one attached hydrogen (secondary N) is 1. The molecule has 1 aromatic rings. The van der Waals surface area contributed by atoms with Crippen LogP contribution in [-0.4, -0.2) is 17.8 Å². The number of amides is 1. The van der Waals surface area contributed by atoms with Crippen molar-refractivity contribution in [3.63, 3.8) is 0 Å². The summed E-state index contributed by atoms with van der Waals surface area (Å²) < 4.78 is 13.0. The second-order valence-corrected chi connectivity index (χ2v) is 5.86. The van der Waals surface area contributed by atoms with Crippen LogP contribution in [0.4, 0.5) is 4.39 Å². The fraction of sp³-hybridized carbons (Fsp3) is 0.533. The third kappa shape index (κ3) is 4.30. The normalized spacial score (nSPS) is 22.4. The van der Waals surface area contributed by atoms with E-state index < -0.39 is 0 Å². The number of rotatable bonds is 5. The molecule has 4 heteroatoms.